The van der Waals surface area contributed by atoms with Gasteiger partial charge in [0.05, 0.1) is 4.90 Å². The Morgan fingerprint density at radius 1 is 0.818 bits per heavy atom. The normalized spacial score (nSPS) is 13.1. The van der Waals surface area contributed by atoms with Gasteiger partial charge in [0.2, 0.25) is 10.0 Å². The summed E-state index contributed by atoms with van der Waals surface area (Å²) in [4.78, 5) is 0.280. The molecule has 0 aliphatic carbocycles. The molecule has 112 valence electrons. The Labute approximate surface area is 130 Å². The second-order valence-corrected chi connectivity index (χ2v) is 6.98. The molecule has 3 nitrogen and oxygen atoms in total. The van der Waals surface area contributed by atoms with Gasteiger partial charge in [-0.3, -0.25) is 0 Å². The van der Waals surface area contributed by atoms with Crippen LogP contribution in [0.4, 0.5) is 0 Å². The molecule has 4 heteroatoms. The zero-order valence-electron chi connectivity index (χ0n) is 12.2. The van der Waals surface area contributed by atoms with Crippen LogP contribution in [0.3, 0.4) is 0 Å². The third-order valence-electron chi connectivity index (χ3n) is 3.66. The minimum atomic E-state index is -3.51. The molecule has 0 unspecified atom stereocenters. The van der Waals surface area contributed by atoms with Crippen molar-refractivity contribution in [3.8, 4) is 0 Å². The Morgan fingerprint density at radius 2 is 1.45 bits per heavy atom. The van der Waals surface area contributed by atoms with Gasteiger partial charge in [-0.2, -0.15) is 0 Å². The van der Waals surface area contributed by atoms with E-state index in [9.17, 15) is 8.42 Å². The molecule has 22 heavy (non-hydrogen) atoms. The van der Waals surface area contributed by atoms with Gasteiger partial charge in [-0.05, 0) is 41.5 Å². The van der Waals surface area contributed by atoms with Crippen molar-refractivity contribution in [2.24, 2.45) is 0 Å². The first-order valence-corrected chi connectivity index (χ1v) is 8.61. The number of benzene rings is 3. The summed E-state index contributed by atoms with van der Waals surface area (Å²) >= 11 is 0. The quantitative estimate of drug-likeness (QED) is 0.795. The van der Waals surface area contributed by atoms with Gasteiger partial charge in [-0.1, -0.05) is 54.6 Å². The molecule has 0 aliphatic heterocycles. The van der Waals surface area contributed by atoms with Crippen molar-refractivity contribution >= 4 is 20.8 Å². The van der Waals surface area contributed by atoms with Gasteiger partial charge in [0.15, 0.2) is 0 Å². The summed E-state index contributed by atoms with van der Waals surface area (Å²) in [6.45, 7) is 1.85. The van der Waals surface area contributed by atoms with Crippen LogP contribution in [0.1, 0.15) is 18.5 Å². The predicted octanol–water partition coefficient (Wildman–Crippen LogP) is 3.88. The van der Waals surface area contributed by atoms with Crippen LogP contribution in [0.2, 0.25) is 0 Å². The summed E-state index contributed by atoms with van der Waals surface area (Å²) in [6.07, 6.45) is 0. The number of hydrogen-bond donors (Lipinski definition) is 1. The van der Waals surface area contributed by atoms with Crippen molar-refractivity contribution < 1.29 is 8.42 Å². The molecular formula is C18H17NO2S. The van der Waals surface area contributed by atoms with Crippen molar-refractivity contribution in [1.29, 1.82) is 0 Å². The van der Waals surface area contributed by atoms with E-state index in [0.29, 0.717) is 0 Å². The summed E-state index contributed by atoms with van der Waals surface area (Å²) in [7, 11) is -3.51. The third-order valence-corrected chi connectivity index (χ3v) is 5.22. The van der Waals surface area contributed by atoms with Crippen LogP contribution in [-0.4, -0.2) is 8.42 Å². The first-order chi connectivity index (χ1) is 10.6. The zero-order valence-corrected chi connectivity index (χ0v) is 13.0. The average molecular weight is 311 g/mol. The van der Waals surface area contributed by atoms with Gasteiger partial charge >= 0.3 is 0 Å². The second-order valence-electron chi connectivity index (χ2n) is 5.26. The fraction of sp³-hybridized carbons (Fsp3) is 0.111. The van der Waals surface area contributed by atoms with Crippen LogP contribution < -0.4 is 4.72 Å². The molecule has 0 saturated heterocycles. The molecular weight excluding hydrogens is 294 g/mol. The van der Waals surface area contributed by atoms with Gasteiger partial charge in [-0.15, -0.1) is 0 Å². The van der Waals surface area contributed by atoms with E-state index in [0.717, 1.165) is 16.3 Å². The molecule has 1 atom stereocenters. The fourth-order valence-electron chi connectivity index (χ4n) is 2.45. The van der Waals surface area contributed by atoms with Gasteiger partial charge in [0.1, 0.15) is 0 Å². The lowest BCUT2D eigenvalue weighted by molar-refractivity contribution is 0.567. The van der Waals surface area contributed by atoms with Crippen molar-refractivity contribution in [2.75, 3.05) is 0 Å². The Kier molecular flexibility index (Phi) is 3.96. The molecule has 3 rings (SSSR count). The number of sulfonamides is 1. The first-order valence-electron chi connectivity index (χ1n) is 7.12. The second kappa shape index (κ2) is 5.91. The molecule has 1 N–H and O–H groups in total. The molecule has 3 aromatic carbocycles. The van der Waals surface area contributed by atoms with Crippen LogP contribution in [0.15, 0.2) is 77.7 Å². The standard InChI is InChI=1S/C18H17NO2S/c1-14(19-22(20,21)18-9-3-2-4-10-18)16-12-11-15-7-5-6-8-17(15)13-16/h2-14,19H,1H3/t14-/m0/s1. The summed E-state index contributed by atoms with van der Waals surface area (Å²) < 4.78 is 27.5. The molecule has 3 aromatic rings. The monoisotopic (exact) mass is 311 g/mol. The summed E-state index contributed by atoms with van der Waals surface area (Å²) in [5.74, 6) is 0. The lowest BCUT2D eigenvalue weighted by Gasteiger charge is -2.15. The van der Waals surface area contributed by atoms with Crippen molar-refractivity contribution in [1.82, 2.24) is 4.72 Å². The van der Waals surface area contributed by atoms with E-state index in [4.69, 9.17) is 0 Å². The molecule has 0 aromatic heterocycles. The highest BCUT2D eigenvalue weighted by Crippen LogP contribution is 2.21. The molecule has 0 saturated carbocycles. The Balaban J connectivity index is 1.88. The SMILES string of the molecule is C[C@H](NS(=O)(=O)c1ccccc1)c1ccc2ccccc2c1. The average Bonchev–Trinajstić information content (AvgIpc) is 2.55. The van der Waals surface area contributed by atoms with Crippen LogP contribution in [0.25, 0.3) is 10.8 Å². The highest BCUT2D eigenvalue weighted by Gasteiger charge is 2.18. The molecule has 0 fully saturated rings. The van der Waals surface area contributed by atoms with Gasteiger partial charge in [-0.25, -0.2) is 13.1 Å². The molecule has 0 spiro atoms. The van der Waals surface area contributed by atoms with Gasteiger partial charge in [0, 0.05) is 6.04 Å². The topological polar surface area (TPSA) is 46.2 Å². The van der Waals surface area contributed by atoms with E-state index in [2.05, 4.69) is 4.72 Å². The maximum Gasteiger partial charge on any atom is 0.241 e. The third kappa shape index (κ3) is 3.03. The van der Waals surface area contributed by atoms with Crippen molar-refractivity contribution in [3.63, 3.8) is 0 Å². The lowest BCUT2D eigenvalue weighted by atomic mass is 10.0. The molecule has 0 amide bonds. The van der Waals surface area contributed by atoms with E-state index in [1.54, 1.807) is 30.3 Å². The Hall–Kier alpha value is -2.17. The van der Waals surface area contributed by atoms with E-state index in [-0.39, 0.29) is 10.9 Å². The molecule has 0 aliphatic rings. The zero-order chi connectivity index (χ0) is 15.6. The fourth-order valence-corrected chi connectivity index (χ4v) is 3.70. The van der Waals surface area contributed by atoms with E-state index in [1.165, 1.54) is 0 Å². The summed E-state index contributed by atoms with van der Waals surface area (Å²) in [5, 5.41) is 2.25. The highest BCUT2D eigenvalue weighted by molar-refractivity contribution is 7.89. The van der Waals surface area contributed by atoms with Crippen LogP contribution >= 0.6 is 0 Å². The van der Waals surface area contributed by atoms with Crippen LogP contribution in [-0.2, 0) is 10.0 Å². The molecule has 0 radical (unpaired) electrons. The number of nitrogens with one attached hydrogen (secondary N) is 1. The maximum absolute atomic E-state index is 12.4. The lowest BCUT2D eigenvalue weighted by Crippen LogP contribution is -2.26. The van der Waals surface area contributed by atoms with E-state index < -0.39 is 10.0 Å². The van der Waals surface area contributed by atoms with Crippen LogP contribution in [0, 0.1) is 0 Å². The summed E-state index contributed by atoms with van der Waals surface area (Å²) in [6, 6.07) is 22.1. The Bertz CT molecular complexity index is 889. The van der Waals surface area contributed by atoms with Crippen LogP contribution in [0.5, 0.6) is 0 Å². The van der Waals surface area contributed by atoms with E-state index in [1.807, 2.05) is 49.4 Å². The number of hydrogen-bond acceptors (Lipinski definition) is 2. The minimum absolute atomic E-state index is 0.280. The molecule has 0 bridgehead atoms. The smallest absolute Gasteiger partial charge is 0.207 e. The first kappa shape index (κ1) is 14.8. The molecule has 0 heterocycles. The Morgan fingerprint density at radius 3 is 2.18 bits per heavy atom. The summed E-state index contributed by atoms with van der Waals surface area (Å²) in [5.41, 5.74) is 0.943. The number of fused-ring (bicyclic) bond motifs is 1. The highest BCUT2D eigenvalue weighted by atomic mass is 32.2. The largest absolute Gasteiger partial charge is 0.241 e. The number of rotatable bonds is 4. The predicted molar refractivity (Wildman–Crippen MR) is 89.1 cm³/mol. The van der Waals surface area contributed by atoms with Gasteiger partial charge < -0.3 is 0 Å². The van der Waals surface area contributed by atoms with E-state index >= 15 is 0 Å². The minimum Gasteiger partial charge on any atom is -0.207 e. The van der Waals surface area contributed by atoms with Gasteiger partial charge in [0.25, 0.3) is 0 Å². The maximum atomic E-state index is 12.4. The van der Waals surface area contributed by atoms with Crippen molar-refractivity contribution in [3.05, 3.63) is 78.4 Å². The van der Waals surface area contributed by atoms with Crippen molar-refractivity contribution in [2.45, 2.75) is 17.9 Å².